The van der Waals surface area contributed by atoms with E-state index < -0.39 is 0 Å². The molecular formula is C20H24O. The smallest absolute Gasteiger partial charge is 0.139 e. The van der Waals surface area contributed by atoms with E-state index in [0.717, 1.165) is 25.2 Å². The molecule has 0 N–H and O–H groups in total. The number of fused-ring (bicyclic) bond motifs is 5. The first-order valence-corrected chi connectivity index (χ1v) is 8.42. The molecule has 0 aromatic heterocycles. The molecular weight excluding hydrogens is 256 g/mol. The zero-order valence-electron chi connectivity index (χ0n) is 12.9. The van der Waals surface area contributed by atoms with E-state index in [4.69, 9.17) is 0 Å². The first-order chi connectivity index (χ1) is 10.1. The minimum Gasteiger partial charge on any atom is -0.299 e. The van der Waals surface area contributed by atoms with Crippen molar-refractivity contribution < 1.29 is 4.79 Å². The fraction of sp³-hybridized carbons (Fsp3) is 0.550. The summed E-state index contributed by atoms with van der Waals surface area (Å²) in [6.45, 7) is 6.13. The third kappa shape index (κ3) is 1.79. The normalized spacial score (nSPS) is 37.6. The van der Waals surface area contributed by atoms with Crippen molar-refractivity contribution >= 4 is 11.9 Å². The van der Waals surface area contributed by atoms with Crippen LogP contribution in [-0.4, -0.2) is 5.78 Å². The van der Waals surface area contributed by atoms with Crippen LogP contribution in [0.4, 0.5) is 0 Å². The van der Waals surface area contributed by atoms with Gasteiger partial charge in [-0.15, -0.1) is 0 Å². The molecule has 0 radical (unpaired) electrons. The Labute approximate surface area is 127 Å². The van der Waals surface area contributed by atoms with Gasteiger partial charge in [0.1, 0.15) is 5.78 Å². The molecule has 110 valence electrons. The monoisotopic (exact) mass is 280 g/mol. The summed E-state index contributed by atoms with van der Waals surface area (Å²) in [4.78, 5) is 12.3. The predicted molar refractivity (Wildman–Crippen MR) is 86.2 cm³/mol. The van der Waals surface area contributed by atoms with E-state index in [9.17, 15) is 4.79 Å². The Morgan fingerprint density at radius 2 is 2.10 bits per heavy atom. The molecule has 0 heterocycles. The van der Waals surface area contributed by atoms with E-state index in [2.05, 4.69) is 31.7 Å². The number of hydrogen-bond donors (Lipinski definition) is 0. The van der Waals surface area contributed by atoms with E-state index >= 15 is 0 Å². The van der Waals surface area contributed by atoms with Crippen molar-refractivity contribution in [3.8, 4) is 0 Å². The maximum Gasteiger partial charge on any atom is 0.139 e. The van der Waals surface area contributed by atoms with Gasteiger partial charge >= 0.3 is 0 Å². The minimum absolute atomic E-state index is 0.000271. The zero-order chi connectivity index (χ0) is 14.6. The second-order valence-electron chi connectivity index (χ2n) is 7.50. The molecule has 3 aliphatic rings. The Bertz CT molecular complexity index is 614. The SMILES string of the molecule is C=Cc1ccc2c(c1)CC[C@@H]1[C@@H]2CC[C@]2(C)C(=O)CC[C@@H]12. The van der Waals surface area contributed by atoms with Crippen molar-refractivity contribution in [3.63, 3.8) is 0 Å². The fourth-order valence-electron chi connectivity index (χ4n) is 5.50. The van der Waals surface area contributed by atoms with Gasteiger partial charge in [-0.1, -0.05) is 37.8 Å². The van der Waals surface area contributed by atoms with Crippen LogP contribution in [0, 0.1) is 17.3 Å². The van der Waals surface area contributed by atoms with E-state index in [-0.39, 0.29) is 5.41 Å². The summed E-state index contributed by atoms with van der Waals surface area (Å²) < 4.78 is 0. The van der Waals surface area contributed by atoms with E-state index in [1.54, 1.807) is 5.56 Å². The van der Waals surface area contributed by atoms with Gasteiger partial charge in [-0.05, 0) is 66.5 Å². The average Bonchev–Trinajstić information content (AvgIpc) is 2.82. The highest BCUT2D eigenvalue weighted by atomic mass is 16.1. The molecule has 0 amide bonds. The summed E-state index contributed by atoms with van der Waals surface area (Å²) in [5, 5.41) is 0. The Morgan fingerprint density at radius 1 is 1.24 bits per heavy atom. The van der Waals surface area contributed by atoms with Crippen molar-refractivity contribution in [2.75, 3.05) is 0 Å². The maximum absolute atomic E-state index is 12.3. The number of Topliss-reactive ketones (excluding diaryl/α,β-unsaturated/α-hetero) is 1. The predicted octanol–water partition coefficient (Wildman–Crippen LogP) is 4.75. The van der Waals surface area contributed by atoms with Crippen LogP contribution in [0.1, 0.15) is 61.6 Å². The first kappa shape index (κ1) is 13.3. The minimum atomic E-state index is -0.000271. The molecule has 1 heteroatoms. The number of ketones is 1. The topological polar surface area (TPSA) is 17.1 Å². The number of hydrogen-bond acceptors (Lipinski definition) is 1. The van der Waals surface area contributed by atoms with Gasteiger partial charge in [0.25, 0.3) is 0 Å². The number of aryl methyl sites for hydroxylation is 1. The molecule has 1 aromatic rings. The molecule has 4 atom stereocenters. The molecule has 2 saturated carbocycles. The largest absolute Gasteiger partial charge is 0.299 e. The zero-order valence-corrected chi connectivity index (χ0v) is 12.9. The van der Waals surface area contributed by atoms with Gasteiger partial charge in [0.05, 0.1) is 0 Å². The summed E-state index contributed by atoms with van der Waals surface area (Å²) in [5.74, 6) is 2.60. The second-order valence-corrected chi connectivity index (χ2v) is 7.50. The van der Waals surface area contributed by atoms with Crippen LogP contribution in [0.3, 0.4) is 0 Å². The van der Waals surface area contributed by atoms with Gasteiger partial charge in [0.15, 0.2) is 0 Å². The third-order valence-corrected chi connectivity index (χ3v) is 6.70. The second kappa shape index (κ2) is 4.56. The average molecular weight is 280 g/mol. The van der Waals surface area contributed by atoms with Crippen molar-refractivity contribution in [1.82, 2.24) is 0 Å². The van der Waals surface area contributed by atoms with Gasteiger partial charge in [-0.3, -0.25) is 4.79 Å². The molecule has 3 aliphatic carbocycles. The molecule has 0 unspecified atom stereocenters. The first-order valence-electron chi connectivity index (χ1n) is 8.42. The highest BCUT2D eigenvalue weighted by molar-refractivity contribution is 5.87. The van der Waals surface area contributed by atoms with E-state index in [0.29, 0.717) is 17.6 Å². The Hall–Kier alpha value is -1.37. The maximum atomic E-state index is 12.3. The van der Waals surface area contributed by atoms with Crippen molar-refractivity contribution in [1.29, 1.82) is 0 Å². The lowest BCUT2D eigenvalue weighted by molar-refractivity contribution is -0.129. The van der Waals surface area contributed by atoms with Crippen molar-refractivity contribution in [2.24, 2.45) is 17.3 Å². The van der Waals surface area contributed by atoms with Gasteiger partial charge in [0.2, 0.25) is 0 Å². The van der Waals surface area contributed by atoms with Crippen LogP contribution < -0.4 is 0 Å². The Morgan fingerprint density at radius 3 is 2.90 bits per heavy atom. The molecule has 1 aromatic carbocycles. The van der Waals surface area contributed by atoms with Crippen LogP contribution >= 0.6 is 0 Å². The number of carbonyl (C=O) groups is 1. The Kier molecular flexibility index (Phi) is 2.89. The van der Waals surface area contributed by atoms with Crippen molar-refractivity contribution in [2.45, 2.75) is 51.4 Å². The number of carbonyl (C=O) groups excluding carboxylic acids is 1. The number of benzene rings is 1. The van der Waals surface area contributed by atoms with Crippen LogP contribution in [0.25, 0.3) is 6.08 Å². The van der Waals surface area contributed by atoms with Crippen LogP contribution in [0.15, 0.2) is 24.8 Å². The number of rotatable bonds is 1. The summed E-state index contributed by atoms with van der Waals surface area (Å²) in [5.41, 5.74) is 4.34. The van der Waals surface area contributed by atoms with Crippen LogP contribution in [0.5, 0.6) is 0 Å². The third-order valence-electron chi connectivity index (χ3n) is 6.70. The van der Waals surface area contributed by atoms with Crippen LogP contribution in [0.2, 0.25) is 0 Å². The van der Waals surface area contributed by atoms with Gasteiger partial charge in [-0.25, -0.2) is 0 Å². The molecule has 4 rings (SSSR count). The highest BCUT2D eigenvalue weighted by Gasteiger charge is 2.54. The van der Waals surface area contributed by atoms with Crippen molar-refractivity contribution in [3.05, 3.63) is 41.5 Å². The molecule has 2 fully saturated rings. The summed E-state index contributed by atoms with van der Waals surface area (Å²) >= 11 is 0. The molecule has 0 aliphatic heterocycles. The molecule has 0 spiro atoms. The standard InChI is InChI=1S/C20H24O/c1-3-13-4-6-15-14(12-13)5-7-17-16(15)10-11-20(2)18(17)8-9-19(20)21/h3-4,6,12,16-18H,1,5,7-11H2,2H3/t16-,17-,18+,20+/m1/s1. The highest BCUT2D eigenvalue weighted by Crippen LogP contribution is 2.59. The summed E-state index contributed by atoms with van der Waals surface area (Å²) in [7, 11) is 0. The lowest BCUT2D eigenvalue weighted by atomic mass is 9.55. The van der Waals surface area contributed by atoms with Crippen LogP contribution in [-0.2, 0) is 11.2 Å². The lowest BCUT2D eigenvalue weighted by Gasteiger charge is -2.48. The molecule has 0 saturated heterocycles. The fourth-order valence-corrected chi connectivity index (χ4v) is 5.50. The summed E-state index contributed by atoms with van der Waals surface area (Å²) in [6.07, 6.45) is 8.65. The van der Waals surface area contributed by atoms with E-state index in [1.165, 1.54) is 30.4 Å². The summed E-state index contributed by atoms with van der Waals surface area (Å²) in [6, 6.07) is 6.87. The molecule has 0 bridgehead atoms. The Balaban J connectivity index is 1.71. The molecule has 21 heavy (non-hydrogen) atoms. The molecule has 1 nitrogen and oxygen atoms in total. The van der Waals surface area contributed by atoms with Gasteiger partial charge < -0.3 is 0 Å². The van der Waals surface area contributed by atoms with Gasteiger partial charge in [0, 0.05) is 11.8 Å². The van der Waals surface area contributed by atoms with E-state index in [1.807, 2.05) is 6.08 Å². The van der Waals surface area contributed by atoms with Gasteiger partial charge in [-0.2, -0.15) is 0 Å². The lowest BCUT2D eigenvalue weighted by Crippen LogP contribution is -2.42. The quantitative estimate of drug-likeness (QED) is 0.725.